The summed E-state index contributed by atoms with van der Waals surface area (Å²) in [5.74, 6) is 2.46. The van der Waals surface area contributed by atoms with Gasteiger partial charge in [0.05, 0.1) is 0 Å². The first kappa shape index (κ1) is 21.0. The predicted molar refractivity (Wildman–Crippen MR) is 110 cm³/mol. The van der Waals surface area contributed by atoms with Gasteiger partial charge in [0.1, 0.15) is 5.75 Å². The second-order valence-corrected chi connectivity index (χ2v) is 8.23. The van der Waals surface area contributed by atoms with Crippen LogP contribution >= 0.6 is 0 Å². The molecule has 2 rings (SSSR count). The highest BCUT2D eigenvalue weighted by Gasteiger charge is 2.20. The number of esters is 1. The monoisotopic (exact) mass is 358 g/mol. The minimum absolute atomic E-state index is 0.129. The first-order valence-corrected chi connectivity index (χ1v) is 10.9. The number of carbonyl (C=O) groups is 1. The van der Waals surface area contributed by atoms with Crippen LogP contribution < -0.4 is 4.74 Å². The van der Waals surface area contributed by atoms with Crippen LogP contribution in [0, 0.1) is 18.8 Å². The van der Waals surface area contributed by atoms with Crippen LogP contribution in [0.5, 0.6) is 5.75 Å². The summed E-state index contributed by atoms with van der Waals surface area (Å²) >= 11 is 0. The van der Waals surface area contributed by atoms with E-state index in [0.29, 0.717) is 12.2 Å². The largest absolute Gasteiger partial charge is 0.427 e. The molecule has 0 N–H and O–H groups in total. The minimum Gasteiger partial charge on any atom is -0.427 e. The molecule has 0 atom stereocenters. The Morgan fingerprint density at radius 1 is 1.00 bits per heavy atom. The van der Waals surface area contributed by atoms with Crippen molar-refractivity contribution >= 4 is 5.97 Å². The Morgan fingerprint density at radius 2 is 1.69 bits per heavy atom. The Kier molecular flexibility index (Phi) is 9.22. The highest BCUT2D eigenvalue weighted by Crippen LogP contribution is 2.34. The van der Waals surface area contributed by atoms with Crippen LogP contribution in [0.25, 0.3) is 0 Å². The van der Waals surface area contributed by atoms with Gasteiger partial charge >= 0.3 is 5.97 Å². The molecule has 2 heteroatoms. The van der Waals surface area contributed by atoms with Gasteiger partial charge in [-0.05, 0) is 61.3 Å². The van der Waals surface area contributed by atoms with Crippen molar-refractivity contribution in [3.63, 3.8) is 0 Å². The van der Waals surface area contributed by atoms with E-state index < -0.39 is 0 Å². The average molecular weight is 359 g/mol. The summed E-state index contributed by atoms with van der Waals surface area (Å²) in [5.41, 5.74) is 2.66. The Bertz CT molecular complexity index is 541. The zero-order valence-electron chi connectivity index (χ0n) is 17.2. The molecule has 1 aliphatic rings. The molecule has 1 fully saturated rings. The van der Waals surface area contributed by atoms with Crippen LogP contribution in [-0.2, 0) is 11.2 Å². The summed E-state index contributed by atoms with van der Waals surface area (Å²) in [6.45, 7) is 6.42. The number of rotatable bonds is 10. The van der Waals surface area contributed by atoms with E-state index in [1.54, 1.807) is 0 Å². The number of benzene rings is 1. The fourth-order valence-corrected chi connectivity index (χ4v) is 4.25. The first-order valence-electron chi connectivity index (χ1n) is 10.9. The molecule has 1 aromatic rings. The highest BCUT2D eigenvalue weighted by atomic mass is 16.5. The number of hydrogen-bond donors (Lipinski definition) is 0. The van der Waals surface area contributed by atoms with Gasteiger partial charge in [-0.25, -0.2) is 0 Å². The van der Waals surface area contributed by atoms with Gasteiger partial charge in [-0.15, -0.1) is 0 Å². The number of aryl methyl sites for hydroxylation is 2. The average Bonchev–Trinajstić information content (AvgIpc) is 2.62. The third kappa shape index (κ3) is 7.13. The molecule has 0 spiro atoms. The van der Waals surface area contributed by atoms with Crippen molar-refractivity contribution < 1.29 is 9.53 Å². The number of carbonyl (C=O) groups excluding carboxylic acids is 1. The van der Waals surface area contributed by atoms with E-state index in [0.717, 1.165) is 24.7 Å². The van der Waals surface area contributed by atoms with Crippen molar-refractivity contribution in [3.8, 4) is 5.75 Å². The lowest BCUT2D eigenvalue weighted by Gasteiger charge is -2.28. The molecular weight excluding hydrogens is 320 g/mol. The molecule has 0 saturated heterocycles. The van der Waals surface area contributed by atoms with Crippen LogP contribution in [0.3, 0.4) is 0 Å². The van der Waals surface area contributed by atoms with E-state index in [9.17, 15) is 4.79 Å². The van der Waals surface area contributed by atoms with Crippen LogP contribution in [0.15, 0.2) is 18.2 Å². The molecule has 1 aliphatic carbocycles. The van der Waals surface area contributed by atoms with E-state index in [2.05, 4.69) is 19.9 Å². The minimum atomic E-state index is -0.129. The van der Waals surface area contributed by atoms with E-state index in [-0.39, 0.29) is 5.97 Å². The van der Waals surface area contributed by atoms with Crippen LogP contribution in [-0.4, -0.2) is 5.97 Å². The molecule has 2 nitrogen and oxygen atoms in total. The molecule has 26 heavy (non-hydrogen) atoms. The maximum absolute atomic E-state index is 11.6. The Labute approximate surface area is 160 Å². The second-order valence-electron chi connectivity index (χ2n) is 8.23. The first-order chi connectivity index (χ1) is 12.6. The van der Waals surface area contributed by atoms with E-state index >= 15 is 0 Å². The molecule has 0 unspecified atom stereocenters. The van der Waals surface area contributed by atoms with Crippen molar-refractivity contribution in [3.05, 3.63) is 29.3 Å². The molecule has 0 bridgehead atoms. The molecule has 1 saturated carbocycles. The Hall–Kier alpha value is -1.31. The third-order valence-electron chi connectivity index (χ3n) is 6.00. The van der Waals surface area contributed by atoms with Crippen LogP contribution in [0.2, 0.25) is 0 Å². The van der Waals surface area contributed by atoms with Gasteiger partial charge in [-0.3, -0.25) is 4.79 Å². The molecule has 1 aromatic carbocycles. The van der Waals surface area contributed by atoms with Gasteiger partial charge < -0.3 is 4.74 Å². The van der Waals surface area contributed by atoms with Gasteiger partial charge in [-0.2, -0.15) is 0 Å². The summed E-state index contributed by atoms with van der Waals surface area (Å²) in [6, 6.07) is 6.13. The second kappa shape index (κ2) is 11.4. The smallest absolute Gasteiger partial charge is 0.311 e. The zero-order chi connectivity index (χ0) is 18.8. The molecule has 0 aromatic heterocycles. The number of unbranched alkanes of at least 4 members (excludes halogenated alkanes) is 2. The van der Waals surface area contributed by atoms with Gasteiger partial charge in [0, 0.05) is 6.42 Å². The molecule has 0 aliphatic heterocycles. The zero-order valence-corrected chi connectivity index (χ0v) is 17.2. The summed E-state index contributed by atoms with van der Waals surface area (Å²) < 4.78 is 5.40. The molecule has 0 heterocycles. The van der Waals surface area contributed by atoms with E-state index in [1.807, 2.05) is 19.1 Å². The van der Waals surface area contributed by atoms with Crippen molar-refractivity contribution in [2.45, 2.75) is 97.8 Å². The van der Waals surface area contributed by atoms with Crippen molar-refractivity contribution in [2.75, 3.05) is 0 Å². The fourth-order valence-electron chi connectivity index (χ4n) is 4.25. The lowest BCUT2D eigenvalue weighted by Crippen LogP contribution is -2.15. The van der Waals surface area contributed by atoms with Crippen molar-refractivity contribution in [1.82, 2.24) is 0 Å². The van der Waals surface area contributed by atoms with Crippen LogP contribution in [0.4, 0.5) is 0 Å². The number of hydrogen-bond acceptors (Lipinski definition) is 2. The lowest BCUT2D eigenvalue weighted by atomic mass is 9.77. The normalized spacial score (nSPS) is 20.1. The van der Waals surface area contributed by atoms with E-state index in [1.165, 1.54) is 68.9 Å². The van der Waals surface area contributed by atoms with Crippen molar-refractivity contribution in [2.24, 2.45) is 11.8 Å². The third-order valence-corrected chi connectivity index (χ3v) is 6.00. The molecular formula is C24H38O2. The standard InChI is InChI=1S/C24H38O2/c1-4-6-7-9-20-10-12-21(13-11-20)14-15-22-16-17-23(18-19(22)3)26-24(25)8-5-2/h16-18,20-21H,4-15H2,1-3H3. The Morgan fingerprint density at radius 3 is 2.31 bits per heavy atom. The Balaban J connectivity index is 1.73. The van der Waals surface area contributed by atoms with Gasteiger partial charge in [0.15, 0.2) is 0 Å². The SMILES string of the molecule is CCCCCC1CCC(CCc2ccc(OC(=O)CCC)cc2C)CC1. The summed E-state index contributed by atoms with van der Waals surface area (Å²) in [6.07, 6.45) is 15.1. The summed E-state index contributed by atoms with van der Waals surface area (Å²) in [4.78, 5) is 11.6. The van der Waals surface area contributed by atoms with Gasteiger partial charge in [0.25, 0.3) is 0 Å². The summed E-state index contributed by atoms with van der Waals surface area (Å²) in [7, 11) is 0. The molecule has 0 amide bonds. The predicted octanol–water partition coefficient (Wildman–Crippen LogP) is 7.02. The quantitative estimate of drug-likeness (QED) is 0.255. The maximum Gasteiger partial charge on any atom is 0.311 e. The lowest BCUT2D eigenvalue weighted by molar-refractivity contribution is -0.134. The molecule has 0 radical (unpaired) electrons. The number of ether oxygens (including phenoxy) is 1. The van der Waals surface area contributed by atoms with Gasteiger partial charge in [-0.1, -0.05) is 71.3 Å². The van der Waals surface area contributed by atoms with Crippen LogP contribution in [0.1, 0.15) is 95.6 Å². The highest BCUT2D eigenvalue weighted by molar-refractivity contribution is 5.72. The topological polar surface area (TPSA) is 26.3 Å². The maximum atomic E-state index is 11.6. The van der Waals surface area contributed by atoms with Crippen molar-refractivity contribution in [1.29, 1.82) is 0 Å². The van der Waals surface area contributed by atoms with E-state index in [4.69, 9.17) is 4.74 Å². The van der Waals surface area contributed by atoms with Gasteiger partial charge in [0.2, 0.25) is 0 Å². The molecule has 146 valence electrons. The summed E-state index contributed by atoms with van der Waals surface area (Å²) in [5, 5.41) is 0. The fraction of sp³-hybridized carbons (Fsp3) is 0.708.